The van der Waals surface area contributed by atoms with Crippen LogP contribution in [0.1, 0.15) is 114 Å². The summed E-state index contributed by atoms with van der Waals surface area (Å²) >= 11 is 0. The van der Waals surface area contributed by atoms with Crippen molar-refractivity contribution in [2.75, 3.05) is 54.1 Å². The fourth-order valence-electron chi connectivity index (χ4n) is 9.01. The summed E-state index contributed by atoms with van der Waals surface area (Å²) in [5, 5.41) is 5.23. The molecule has 3 aliphatic heterocycles. The highest BCUT2D eigenvalue weighted by Crippen LogP contribution is 2.35. The number of nitrogens with one attached hydrogen (secondary N) is 2. The predicted octanol–water partition coefficient (Wildman–Crippen LogP) is 6.33. The number of likely N-dealkylation sites (N-methyl/N-ethyl adjacent to an activating group) is 1. The number of ketones is 2. The summed E-state index contributed by atoms with van der Waals surface area (Å²) in [5.41, 5.74) is 1.95. The van der Waals surface area contributed by atoms with E-state index in [9.17, 15) is 33.6 Å². The van der Waals surface area contributed by atoms with Gasteiger partial charge in [0.2, 0.25) is 17.6 Å². The number of Topliss-reactive ketones (excluding diaryl/α,β-unsaturated/α-hetero) is 2. The minimum atomic E-state index is -0.819. The van der Waals surface area contributed by atoms with Crippen LogP contribution in [0.2, 0.25) is 0 Å². The molecule has 3 aromatic rings. The van der Waals surface area contributed by atoms with E-state index in [1.807, 2.05) is 67.6 Å². The summed E-state index contributed by atoms with van der Waals surface area (Å²) in [7, 11) is 4.88. The number of aryl methyl sites for hydroxylation is 1. The van der Waals surface area contributed by atoms with Crippen LogP contribution in [-0.4, -0.2) is 122 Å². The summed E-state index contributed by atoms with van der Waals surface area (Å²) < 4.78 is 22.9. The maximum atomic E-state index is 14.3. The van der Waals surface area contributed by atoms with Gasteiger partial charge in [0.25, 0.3) is 11.8 Å². The Morgan fingerprint density at radius 3 is 2.35 bits per heavy atom. The van der Waals surface area contributed by atoms with Gasteiger partial charge in [0.1, 0.15) is 17.5 Å². The van der Waals surface area contributed by atoms with Crippen molar-refractivity contribution in [2.24, 2.45) is 5.41 Å². The molecule has 16 heteroatoms. The summed E-state index contributed by atoms with van der Waals surface area (Å²) in [4.78, 5) is 95.6. The largest absolute Gasteiger partial charge is 0.494 e. The molecule has 6 amide bonds. The third-order valence-corrected chi connectivity index (χ3v) is 13.6. The molecule has 0 saturated carbocycles. The van der Waals surface area contributed by atoms with Gasteiger partial charge < -0.3 is 39.0 Å². The molecule has 0 aromatic heterocycles. The Balaban J connectivity index is 0.988. The van der Waals surface area contributed by atoms with Crippen LogP contribution in [0.3, 0.4) is 0 Å². The minimum Gasteiger partial charge on any atom is -0.494 e. The molecule has 0 bridgehead atoms. The number of rotatable bonds is 23. The second kappa shape index (κ2) is 23.5. The Bertz CT molecular complexity index is 2300. The quantitative estimate of drug-likeness (QED) is 0.0614. The lowest BCUT2D eigenvalue weighted by Crippen LogP contribution is -2.53. The summed E-state index contributed by atoms with van der Waals surface area (Å²) in [6.45, 7) is 6.79. The van der Waals surface area contributed by atoms with Crippen LogP contribution in [0.25, 0.3) is 0 Å². The number of methoxy groups -OCH3 is 2. The normalized spacial score (nSPS) is 19.0. The fraction of sp³-hybridized carbons (Fsp3) is 0.519. The standard InChI is InChI=1S/C52H67N5O11/c1-7-52(2,3)48(61)50(63)56-27-10-8-15-40(56)43(58)31-37(18-16-34-17-24-44(65-5)45(29-34)66-6)36-13-12-14-39(30-36)68-33-47(60)53-26-9-11-28-67-38-21-19-35(20-22-38)42-32-57(51(64)55(42)4)41-23-25-46(59)54-49(41)62/h12-14,17,19-22,24,29-30,37,40-42H,7-11,15-16,18,23,25-28,31-33H2,1-6H3,(H,53,60)(H,54,59,62)/t37-,40?,41?,42?/m0/s1. The number of ether oxygens (including phenoxy) is 4. The third-order valence-electron chi connectivity index (χ3n) is 13.6. The van der Waals surface area contributed by atoms with Crippen LogP contribution in [-0.2, 0) is 35.2 Å². The first-order valence-corrected chi connectivity index (χ1v) is 23.8. The average Bonchev–Trinajstić information content (AvgIpc) is 3.64. The van der Waals surface area contributed by atoms with Crippen LogP contribution >= 0.6 is 0 Å². The summed E-state index contributed by atoms with van der Waals surface area (Å²) in [6.07, 6.45) is 5.79. The topological polar surface area (TPSA) is 190 Å². The molecule has 4 atom stereocenters. The third kappa shape index (κ3) is 12.7. The van der Waals surface area contributed by atoms with Gasteiger partial charge in [0.05, 0.1) is 32.9 Å². The van der Waals surface area contributed by atoms with Gasteiger partial charge in [-0.05, 0) is 117 Å². The number of amides is 6. The lowest BCUT2D eigenvalue weighted by molar-refractivity contribution is -0.153. The first-order chi connectivity index (χ1) is 32.6. The number of nitrogens with zero attached hydrogens (tertiary/aromatic N) is 3. The fourth-order valence-corrected chi connectivity index (χ4v) is 9.01. The van der Waals surface area contributed by atoms with Crippen molar-refractivity contribution in [3.05, 3.63) is 83.4 Å². The molecule has 3 unspecified atom stereocenters. The molecule has 0 spiro atoms. The summed E-state index contributed by atoms with van der Waals surface area (Å²) in [6, 6.07) is 18.8. The smallest absolute Gasteiger partial charge is 0.321 e. The van der Waals surface area contributed by atoms with E-state index >= 15 is 0 Å². The second-order valence-electron chi connectivity index (χ2n) is 18.5. The highest BCUT2D eigenvalue weighted by Gasteiger charge is 2.44. The number of imide groups is 1. The van der Waals surface area contributed by atoms with Crippen molar-refractivity contribution < 1.29 is 52.5 Å². The Morgan fingerprint density at radius 2 is 1.63 bits per heavy atom. The van der Waals surface area contributed by atoms with Gasteiger partial charge in [0.15, 0.2) is 23.9 Å². The van der Waals surface area contributed by atoms with Crippen LogP contribution in [0, 0.1) is 5.41 Å². The van der Waals surface area contributed by atoms with E-state index in [1.165, 1.54) is 9.80 Å². The molecular formula is C52H67N5O11. The molecule has 3 saturated heterocycles. The maximum Gasteiger partial charge on any atom is 0.321 e. The van der Waals surface area contributed by atoms with Crippen molar-refractivity contribution >= 4 is 41.2 Å². The highest BCUT2D eigenvalue weighted by atomic mass is 16.5. The average molecular weight is 938 g/mol. The number of piperidine rings is 2. The van der Waals surface area contributed by atoms with E-state index in [-0.39, 0.29) is 55.0 Å². The van der Waals surface area contributed by atoms with Crippen LogP contribution in [0.15, 0.2) is 66.7 Å². The van der Waals surface area contributed by atoms with Crippen molar-refractivity contribution in [2.45, 2.75) is 115 Å². The highest BCUT2D eigenvalue weighted by molar-refractivity contribution is 6.38. The molecule has 68 heavy (non-hydrogen) atoms. The first-order valence-electron chi connectivity index (χ1n) is 23.8. The monoisotopic (exact) mass is 937 g/mol. The number of carbonyl (C=O) groups excluding carboxylic acids is 7. The van der Waals surface area contributed by atoms with E-state index in [0.29, 0.717) is 94.2 Å². The Morgan fingerprint density at radius 1 is 0.868 bits per heavy atom. The zero-order chi connectivity index (χ0) is 49.0. The second-order valence-corrected chi connectivity index (χ2v) is 18.5. The SMILES string of the molecule is CCC(C)(C)C(=O)C(=O)N1CCCCC1C(=O)C[C@H](CCc1ccc(OC)c(OC)c1)c1cccc(OCC(=O)NCCCCOc2ccc(C3CN(C4CCC(=O)NC4=O)C(=O)N3C)cc2)c1. The summed E-state index contributed by atoms with van der Waals surface area (Å²) in [5.74, 6) is -0.0515. The van der Waals surface area contributed by atoms with Gasteiger partial charge in [-0.15, -0.1) is 0 Å². The number of benzene rings is 3. The van der Waals surface area contributed by atoms with Crippen molar-refractivity contribution in [3.63, 3.8) is 0 Å². The zero-order valence-corrected chi connectivity index (χ0v) is 40.3. The minimum absolute atomic E-state index is 0.0841. The molecule has 3 aromatic carbocycles. The van der Waals surface area contributed by atoms with Gasteiger partial charge in [-0.3, -0.25) is 34.1 Å². The van der Waals surface area contributed by atoms with Crippen LogP contribution < -0.4 is 29.6 Å². The number of hydrogen-bond donors (Lipinski definition) is 2. The zero-order valence-electron chi connectivity index (χ0n) is 40.3. The molecule has 2 N–H and O–H groups in total. The molecule has 366 valence electrons. The lowest BCUT2D eigenvalue weighted by atomic mass is 9.82. The number of carbonyl (C=O) groups is 7. The maximum absolute atomic E-state index is 14.3. The van der Waals surface area contributed by atoms with Crippen LogP contribution in [0.5, 0.6) is 23.0 Å². The van der Waals surface area contributed by atoms with Crippen molar-refractivity contribution in [1.82, 2.24) is 25.3 Å². The molecule has 0 radical (unpaired) electrons. The Hall–Kier alpha value is -6.45. The van der Waals surface area contributed by atoms with Gasteiger partial charge in [-0.2, -0.15) is 0 Å². The van der Waals surface area contributed by atoms with Gasteiger partial charge in [-0.25, -0.2) is 4.79 Å². The lowest BCUT2D eigenvalue weighted by Gasteiger charge is -2.36. The number of unbranched alkanes of at least 4 members (excludes halogenated alkanes) is 1. The van der Waals surface area contributed by atoms with E-state index in [0.717, 1.165) is 29.5 Å². The number of likely N-dealkylation sites (tertiary alicyclic amines) is 1. The van der Waals surface area contributed by atoms with E-state index < -0.39 is 35.1 Å². The van der Waals surface area contributed by atoms with Crippen LogP contribution in [0.4, 0.5) is 4.79 Å². The van der Waals surface area contributed by atoms with Gasteiger partial charge in [0, 0.05) is 44.9 Å². The molecule has 3 fully saturated rings. The van der Waals surface area contributed by atoms with E-state index in [4.69, 9.17) is 18.9 Å². The van der Waals surface area contributed by atoms with Gasteiger partial charge in [-0.1, -0.05) is 51.1 Å². The van der Waals surface area contributed by atoms with E-state index in [2.05, 4.69) is 10.6 Å². The van der Waals surface area contributed by atoms with Gasteiger partial charge >= 0.3 is 6.03 Å². The molecule has 16 nitrogen and oxygen atoms in total. The molecule has 3 aliphatic rings. The Kier molecular flexibility index (Phi) is 17.6. The number of hydrogen-bond acceptors (Lipinski definition) is 11. The molecular weight excluding hydrogens is 871 g/mol. The molecule has 3 heterocycles. The Labute approximate surface area is 399 Å². The van der Waals surface area contributed by atoms with E-state index in [1.54, 1.807) is 46.1 Å². The predicted molar refractivity (Wildman–Crippen MR) is 254 cm³/mol. The first kappa shape index (κ1) is 51.0. The molecule has 0 aliphatic carbocycles. The number of urea groups is 1. The van der Waals surface area contributed by atoms with Crippen molar-refractivity contribution in [3.8, 4) is 23.0 Å². The molecule has 6 rings (SSSR count). The van der Waals surface area contributed by atoms with Crippen molar-refractivity contribution in [1.29, 1.82) is 0 Å².